The van der Waals surface area contributed by atoms with E-state index < -0.39 is 0 Å². The minimum absolute atomic E-state index is 0.0756. The Labute approximate surface area is 247 Å². The summed E-state index contributed by atoms with van der Waals surface area (Å²) in [6.07, 6.45) is 20.7. The summed E-state index contributed by atoms with van der Waals surface area (Å²) >= 11 is 2.02. The van der Waals surface area contributed by atoms with Gasteiger partial charge >= 0.3 is 0 Å². The molecule has 2 heterocycles. The highest BCUT2D eigenvalue weighted by Gasteiger charge is 2.44. The molecule has 0 amide bonds. The summed E-state index contributed by atoms with van der Waals surface area (Å²) in [4.78, 5) is 1.42. The van der Waals surface area contributed by atoms with Crippen LogP contribution in [0.2, 0.25) is 0 Å². The lowest BCUT2D eigenvalue weighted by atomic mass is 9.71. The van der Waals surface area contributed by atoms with Gasteiger partial charge in [-0.25, -0.2) is 0 Å². The maximum Gasteiger partial charge on any atom is 0.0707 e. The van der Waals surface area contributed by atoms with Crippen LogP contribution in [0.5, 0.6) is 0 Å². The van der Waals surface area contributed by atoms with Gasteiger partial charge in [-0.2, -0.15) is 0 Å². The van der Waals surface area contributed by atoms with Crippen molar-refractivity contribution in [2.24, 2.45) is 0 Å². The van der Waals surface area contributed by atoms with Crippen LogP contribution in [0.25, 0.3) is 28.5 Å². The van der Waals surface area contributed by atoms with E-state index in [4.69, 9.17) is 0 Å². The fraction of sp³-hybridized carbons (Fsp3) is 0.179. The highest BCUT2D eigenvalue weighted by atomic mass is 32.2. The Morgan fingerprint density at radius 2 is 1.54 bits per heavy atom. The zero-order chi connectivity index (χ0) is 27.8. The molecular formula is C39H33NS. The monoisotopic (exact) mass is 547 g/mol. The minimum atomic E-state index is -0.170. The summed E-state index contributed by atoms with van der Waals surface area (Å²) in [6.45, 7) is 7.22. The van der Waals surface area contributed by atoms with Crippen LogP contribution < -0.4 is 5.32 Å². The molecule has 2 heteroatoms. The van der Waals surface area contributed by atoms with E-state index in [0.717, 1.165) is 0 Å². The minimum Gasteiger partial charge on any atom is -0.381 e. The summed E-state index contributed by atoms with van der Waals surface area (Å²) in [5.74, 6) is 0.385. The van der Waals surface area contributed by atoms with Gasteiger partial charge in [0.1, 0.15) is 0 Å². The first-order chi connectivity index (χ1) is 19.9. The molecule has 0 bridgehead atoms. The smallest absolute Gasteiger partial charge is 0.0707 e. The van der Waals surface area contributed by atoms with Crippen LogP contribution in [0.3, 0.4) is 0 Å². The van der Waals surface area contributed by atoms with Crippen LogP contribution in [0.1, 0.15) is 71.7 Å². The van der Waals surface area contributed by atoms with Crippen LogP contribution in [0, 0.1) is 0 Å². The molecule has 200 valence electrons. The van der Waals surface area contributed by atoms with Gasteiger partial charge in [0.05, 0.1) is 6.04 Å². The Hall–Kier alpha value is -4.01. The molecule has 2 aliphatic carbocycles. The van der Waals surface area contributed by atoms with Crippen molar-refractivity contribution in [1.29, 1.82) is 0 Å². The molecule has 4 aliphatic rings. The number of rotatable bonds is 2. The molecule has 3 atom stereocenters. The number of benzene rings is 4. The molecule has 0 saturated heterocycles. The van der Waals surface area contributed by atoms with Gasteiger partial charge < -0.3 is 5.32 Å². The summed E-state index contributed by atoms with van der Waals surface area (Å²) < 4.78 is 0.0756. The molecule has 1 N–H and O–H groups in total. The van der Waals surface area contributed by atoms with E-state index in [-0.39, 0.29) is 16.2 Å². The molecule has 0 radical (unpaired) electrons. The molecule has 41 heavy (non-hydrogen) atoms. The molecule has 0 fully saturated rings. The van der Waals surface area contributed by atoms with Crippen molar-refractivity contribution in [2.45, 2.75) is 47.8 Å². The lowest BCUT2D eigenvalue weighted by molar-refractivity contribution is 0.630. The van der Waals surface area contributed by atoms with Crippen molar-refractivity contribution in [3.8, 4) is 0 Å². The Morgan fingerprint density at radius 3 is 2.39 bits per heavy atom. The second kappa shape index (κ2) is 8.99. The van der Waals surface area contributed by atoms with Crippen molar-refractivity contribution in [1.82, 2.24) is 5.32 Å². The first kappa shape index (κ1) is 24.8. The van der Waals surface area contributed by atoms with Crippen LogP contribution >= 0.6 is 11.8 Å². The Morgan fingerprint density at radius 1 is 0.756 bits per heavy atom. The molecule has 1 nitrogen and oxygen atoms in total. The van der Waals surface area contributed by atoms with Crippen molar-refractivity contribution < 1.29 is 0 Å². The Kier molecular flexibility index (Phi) is 5.43. The number of hydrogen-bond acceptors (Lipinski definition) is 2. The van der Waals surface area contributed by atoms with Crippen molar-refractivity contribution in [3.05, 3.63) is 154 Å². The summed E-state index contributed by atoms with van der Waals surface area (Å²) in [5.41, 5.74) is 10.7. The van der Waals surface area contributed by atoms with Crippen LogP contribution in [-0.2, 0) is 5.41 Å². The second-order valence-corrected chi connectivity index (χ2v) is 13.9. The van der Waals surface area contributed by atoms with E-state index in [1.807, 2.05) is 11.8 Å². The first-order valence-corrected chi connectivity index (χ1v) is 15.4. The SMILES string of the molecule is CC1(C)c2ccc3c(c2C=Cc2c1cc(C1C=C(c4ccccc4)C=CN1)c1ccccc21)C1C=CC=CC1(C)S3. The predicted octanol–water partition coefficient (Wildman–Crippen LogP) is 9.97. The van der Waals surface area contributed by atoms with Crippen LogP contribution in [-0.4, -0.2) is 4.75 Å². The van der Waals surface area contributed by atoms with Gasteiger partial charge in [0.2, 0.25) is 0 Å². The van der Waals surface area contributed by atoms with Gasteiger partial charge in [0.25, 0.3) is 0 Å². The number of hydrogen-bond donors (Lipinski definition) is 1. The standard InChI is InChI=1S/C39H33NS/c1-38(2)32-18-19-36-37(33-15-9-10-21-39(33,3)41-36)30(32)17-16-29-27-13-7-8-14-28(27)31(24-34(29)38)35-23-26(20-22-40-35)25-11-5-4-6-12-25/h4-24,33,35,40H,1-3H3. The number of allylic oxidation sites excluding steroid dienone is 5. The van der Waals surface area contributed by atoms with Gasteiger partial charge in [0.15, 0.2) is 0 Å². The molecule has 4 aromatic carbocycles. The number of thioether (sulfide) groups is 1. The molecule has 3 unspecified atom stereocenters. The predicted molar refractivity (Wildman–Crippen MR) is 176 cm³/mol. The van der Waals surface area contributed by atoms with Crippen molar-refractivity contribution in [2.75, 3.05) is 0 Å². The molecular weight excluding hydrogens is 515 g/mol. The Bertz CT molecular complexity index is 1880. The average Bonchev–Trinajstić information content (AvgIpc) is 3.26. The summed E-state index contributed by atoms with van der Waals surface area (Å²) in [6, 6.07) is 27.0. The van der Waals surface area contributed by atoms with E-state index >= 15 is 0 Å². The van der Waals surface area contributed by atoms with E-state index in [0.29, 0.717) is 5.92 Å². The quantitative estimate of drug-likeness (QED) is 0.268. The molecule has 2 aliphatic heterocycles. The third-order valence-electron chi connectivity index (χ3n) is 9.56. The fourth-order valence-corrected chi connectivity index (χ4v) is 8.83. The number of nitrogens with one attached hydrogen (secondary N) is 1. The zero-order valence-electron chi connectivity index (χ0n) is 23.7. The molecule has 4 aromatic rings. The van der Waals surface area contributed by atoms with Crippen LogP contribution in [0.15, 0.2) is 120 Å². The van der Waals surface area contributed by atoms with Gasteiger partial charge in [-0.05, 0) is 86.6 Å². The topological polar surface area (TPSA) is 12.0 Å². The maximum absolute atomic E-state index is 3.67. The van der Waals surface area contributed by atoms with E-state index in [1.165, 1.54) is 60.2 Å². The lowest BCUT2D eigenvalue weighted by Crippen LogP contribution is -2.25. The van der Waals surface area contributed by atoms with Gasteiger partial charge in [-0.3, -0.25) is 0 Å². The normalized spacial score (nSPS) is 24.6. The lowest BCUT2D eigenvalue weighted by Gasteiger charge is -2.32. The zero-order valence-corrected chi connectivity index (χ0v) is 24.5. The highest BCUT2D eigenvalue weighted by Crippen LogP contribution is 2.58. The molecule has 0 spiro atoms. The molecule has 8 rings (SSSR count). The largest absolute Gasteiger partial charge is 0.381 e. The average molecular weight is 548 g/mol. The highest BCUT2D eigenvalue weighted by molar-refractivity contribution is 8.01. The van der Waals surface area contributed by atoms with Gasteiger partial charge in [-0.15, -0.1) is 11.8 Å². The van der Waals surface area contributed by atoms with Crippen molar-refractivity contribution in [3.63, 3.8) is 0 Å². The van der Waals surface area contributed by atoms with Crippen molar-refractivity contribution >= 4 is 40.3 Å². The van der Waals surface area contributed by atoms with Gasteiger partial charge in [0, 0.05) is 21.0 Å². The molecule has 0 aromatic heterocycles. The summed E-state index contributed by atoms with van der Waals surface area (Å²) in [7, 11) is 0. The first-order valence-electron chi connectivity index (χ1n) is 14.6. The Balaban J connectivity index is 1.33. The third-order valence-corrected chi connectivity index (χ3v) is 11.0. The molecule has 0 saturated carbocycles. The van der Waals surface area contributed by atoms with Crippen LogP contribution in [0.4, 0.5) is 0 Å². The third kappa shape index (κ3) is 3.70. The fourth-order valence-electron chi connectivity index (χ4n) is 7.40. The maximum atomic E-state index is 3.67. The summed E-state index contributed by atoms with van der Waals surface area (Å²) in [5, 5.41) is 6.30. The number of dihydropyridines is 1. The second-order valence-electron chi connectivity index (χ2n) is 12.3. The number of fused-ring (bicyclic) bond motifs is 8. The van der Waals surface area contributed by atoms with E-state index in [2.05, 4.69) is 154 Å². The van der Waals surface area contributed by atoms with E-state index in [1.54, 1.807) is 0 Å². The van der Waals surface area contributed by atoms with E-state index in [9.17, 15) is 0 Å². The van der Waals surface area contributed by atoms with Gasteiger partial charge in [-0.1, -0.05) is 117 Å².